The highest BCUT2D eigenvalue weighted by atomic mass is 35.5. The second-order valence-corrected chi connectivity index (χ2v) is 5.81. The summed E-state index contributed by atoms with van der Waals surface area (Å²) in [6.45, 7) is 0. The van der Waals surface area contributed by atoms with Crippen LogP contribution in [0, 0.1) is 0 Å². The fourth-order valence-corrected chi connectivity index (χ4v) is 3.27. The van der Waals surface area contributed by atoms with Crippen LogP contribution in [0.1, 0.15) is 5.56 Å². The molecule has 0 fully saturated rings. The lowest BCUT2D eigenvalue weighted by atomic mass is 10.1. The molecule has 1 N–H and O–H groups in total. The highest BCUT2D eigenvalue weighted by molar-refractivity contribution is 7.21. The number of hydrogen-bond donors (Lipinski definition) is 1. The van der Waals surface area contributed by atoms with Gasteiger partial charge in [-0.3, -0.25) is 4.79 Å². The average molecular weight is 304 g/mol. The van der Waals surface area contributed by atoms with Crippen LogP contribution >= 0.6 is 22.9 Å². The Bertz CT molecular complexity index is 797. The van der Waals surface area contributed by atoms with Gasteiger partial charge in [-0.25, -0.2) is 4.98 Å². The van der Waals surface area contributed by atoms with Gasteiger partial charge >= 0.3 is 5.97 Å². The molecule has 1 aromatic heterocycles. The van der Waals surface area contributed by atoms with Crippen molar-refractivity contribution in [1.29, 1.82) is 0 Å². The molecule has 0 aliphatic carbocycles. The highest BCUT2D eigenvalue weighted by Crippen LogP contribution is 2.34. The minimum atomic E-state index is -0.842. The fraction of sp³-hybridized carbons (Fsp3) is 0.0667. The summed E-state index contributed by atoms with van der Waals surface area (Å²) in [5, 5.41) is 10.3. The predicted molar refractivity (Wildman–Crippen MR) is 81.4 cm³/mol. The van der Waals surface area contributed by atoms with Crippen molar-refractivity contribution in [3.63, 3.8) is 0 Å². The molecule has 3 nitrogen and oxygen atoms in total. The summed E-state index contributed by atoms with van der Waals surface area (Å²) in [6.07, 6.45) is 0.00882. The summed E-state index contributed by atoms with van der Waals surface area (Å²) in [7, 11) is 0. The van der Waals surface area contributed by atoms with E-state index in [4.69, 9.17) is 16.7 Å². The molecule has 0 saturated carbocycles. The normalized spacial score (nSPS) is 10.8. The largest absolute Gasteiger partial charge is 0.481 e. The van der Waals surface area contributed by atoms with Gasteiger partial charge in [-0.1, -0.05) is 35.9 Å². The van der Waals surface area contributed by atoms with E-state index < -0.39 is 5.97 Å². The van der Waals surface area contributed by atoms with Gasteiger partial charge in [0.1, 0.15) is 5.01 Å². The Morgan fingerprint density at radius 2 is 2.05 bits per heavy atom. The maximum Gasteiger partial charge on any atom is 0.307 e. The molecule has 0 aliphatic heterocycles. The number of aromatic nitrogens is 1. The molecule has 100 valence electrons. The Labute approximate surface area is 124 Å². The number of thiazole rings is 1. The van der Waals surface area contributed by atoms with Crippen molar-refractivity contribution >= 4 is 39.1 Å². The number of benzene rings is 2. The van der Waals surface area contributed by atoms with E-state index in [2.05, 4.69) is 4.98 Å². The number of hydrogen-bond acceptors (Lipinski definition) is 3. The van der Waals surface area contributed by atoms with Gasteiger partial charge in [0.15, 0.2) is 0 Å². The van der Waals surface area contributed by atoms with Gasteiger partial charge in [0, 0.05) is 5.56 Å². The fourth-order valence-electron chi connectivity index (χ4n) is 2.01. The number of aliphatic carboxylic acids is 1. The van der Waals surface area contributed by atoms with Gasteiger partial charge < -0.3 is 5.11 Å². The van der Waals surface area contributed by atoms with Gasteiger partial charge in [0.25, 0.3) is 0 Å². The van der Waals surface area contributed by atoms with Crippen LogP contribution in [0.4, 0.5) is 0 Å². The van der Waals surface area contributed by atoms with Crippen molar-refractivity contribution < 1.29 is 9.90 Å². The summed E-state index contributed by atoms with van der Waals surface area (Å²) in [6, 6.07) is 13.1. The van der Waals surface area contributed by atoms with E-state index in [-0.39, 0.29) is 6.42 Å². The molecule has 0 saturated heterocycles. The third-order valence-electron chi connectivity index (χ3n) is 2.91. The minimum Gasteiger partial charge on any atom is -0.481 e. The first kappa shape index (κ1) is 13.1. The first-order chi connectivity index (χ1) is 9.63. The van der Waals surface area contributed by atoms with Crippen molar-refractivity contribution in [3.8, 4) is 10.6 Å². The van der Waals surface area contributed by atoms with E-state index in [1.807, 2.05) is 42.5 Å². The molecule has 0 bridgehead atoms. The summed E-state index contributed by atoms with van der Waals surface area (Å²) in [5.41, 5.74) is 2.46. The van der Waals surface area contributed by atoms with E-state index >= 15 is 0 Å². The molecule has 0 spiro atoms. The van der Waals surface area contributed by atoms with Crippen LogP contribution < -0.4 is 0 Å². The van der Waals surface area contributed by atoms with E-state index in [9.17, 15) is 4.79 Å². The van der Waals surface area contributed by atoms with Crippen molar-refractivity contribution in [2.75, 3.05) is 0 Å². The molecule has 3 aromatic rings. The molecule has 0 atom stereocenters. The molecule has 0 radical (unpaired) electrons. The van der Waals surface area contributed by atoms with Gasteiger partial charge in [-0.05, 0) is 23.8 Å². The van der Waals surface area contributed by atoms with Crippen LogP contribution in [-0.4, -0.2) is 16.1 Å². The maximum atomic E-state index is 10.7. The molecule has 2 aromatic carbocycles. The van der Waals surface area contributed by atoms with Crippen molar-refractivity contribution in [2.45, 2.75) is 6.42 Å². The monoisotopic (exact) mass is 303 g/mol. The SMILES string of the molecule is O=C(O)Cc1ccc2sc(-c3ccccc3Cl)nc2c1. The summed E-state index contributed by atoms with van der Waals surface area (Å²) in [5.74, 6) is -0.842. The Balaban J connectivity index is 2.07. The van der Waals surface area contributed by atoms with Crippen LogP contribution in [0.15, 0.2) is 42.5 Å². The Hall–Kier alpha value is -1.91. The van der Waals surface area contributed by atoms with E-state index in [1.54, 1.807) is 11.3 Å². The second-order valence-electron chi connectivity index (χ2n) is 4.37. The number of fused-ring (bicyclic) bond motifs is 1. The van der Waals surface area contributed by atoms with E-state index in [0.717, 1.165) is 26.4 Å². The molecular formula is C15H10ClNO2S. The van der Waals surface area contributed by atoms with Crippen LogP contribution in [0.3, 0.4) is 0 Å². The van der Waals surface area contributed by atoms with Crippen molar-refractivity contribution in [3.05, 3.63) is 53.1 Å². The number of carbonyl (C=O) groups is 1. The van der Waals surface area contributed by atoms with Crippen LogP contribution in [0.25, 0.3) is 20.8 Å². The topological polar surface area (TPSA) is 50.2 Å². The predicted octanol–water partition coefficient (Wildman–Crippen LogP) is 4.24. The van der Waals surface area contributed by atoms with Gasteiger partial charge in [-0.2, -0.15) is 0 Å². The zero-order chi connectivity index (χ0) is 14.1. The summed E-state index contributed by atoms with van der Waals surface area (Å²) < 4.78 is 1.02. The van der Waals surface area contributed by atoms with Crippen molar-refractivity contribution in [1.82, 2.24) is 4.98 Å². The lowest BCUT2D eigenvalue weighted by Crippen LogP contribution is -1.99. The Morgan fingerprint density at radius 1 is 1.25 bits per heavy atom. The lowest BCUT2D eigenvalue weighted by molar-refractivity contribution is -0.136. The number of carboxylic acids is 1. The maximum absolute atomic E-state index is 10.7. The zero-order valence-corrected chi connectivity index (χ0v) is 11.9. The Morgan fingerprint density at radius 3 is 2.80 bits per heavy atom. The molecule has 5 heteroatoms. The first-order valence-corrected chi connectivity index (χ1v) is 7.19. The van der Waals surface area contributed by atoms with E-state index in [1.165, 1.54) is 0 Å². The average Bonchev–Trinajstić information content (AvgIpc) is 2.81. The minimum absolute atomic E-state index is 0.00882. The van der Waals surface area contributed by atoms with E-state index in [0.29, 0.717) is 5.02 Å². The highest BCUT2D eigenvalue weighted by Gasteiger charge is 2.10. The van der Waals surface area contributed by atoms with Crippen LogP contribution in [-0.2, 0) is 11.2 Å². The second kappa shape index (κ2) is 5.23. The molecular weight excluding hydrogens is 294 g/mol. The quantitative estimate of drug-likeness (QED) is 0.787. The molecule has 0 amide bonds. The number of rotatable bonds is 3. The summed E-state index contributed by atoms with van der Waals surface area (Å²) >= 11 is 7.72. The first-order valence-electron chi connectivity index (χ1n) is 5.99. The zero-order valence-electron chi connectivity index (χ0n) is 10.3. The number of nitrogens with zero attached hydrogens (tertiary/aromatic N) is 1. The number of carboxylic acid groups (broad SMARTS) is 1. The smallest absolute Gasteiger partial charge is 0.307 e. The van der Waals surface area contributed by atoms with Crippen LogP contribution in [0.5, 0.6) is 0 Å². The molecule has 1 heterocycles. The van der Waals surface area contributed by atoms with Gasteiger partial charge in [-0.15, -0.1) is 11.3 Å². The third kappa shape index (κ3) is 2.53. The molecule has 0 aliphatic rings. The molecule has 3 rings (SSSR count). The van der Waals surface area contributed by atoms with Gasteiger partial charge in [0.2, 0.25) is 0 Å². The summed E-state index contributed by atoms with van der Waals surface area (Å²) in [4.78, 5) is 15.3. The van der Waals surface area contributed by atoms with Crippen LogP contribution in [0.2, 0.25) is 5.02 Å². The Kier molecular flexibility index (Phi) is 3.42. The van der Waals surface area contributed by atoms with Crippen molar-refractivity contribution in [2.24, 2.45) is 0 Å². The molecule has 0 unspecified atom stereocenters. The van der Waals surface area contributed by atoms with Gasteiger partial charge in [0.05, 0.1) is 21.7 Å². The lowest BCUT2D eigenvalue weighted by Gasteiger charge is -1.97. The molecule has 20 heavy (non-hydrogen) atoms. The third-order valence-corrected chi connectivity index (χ3v) is 4.31. The number of halogens is 1. The standard InChI is InChI=1S/C15H10ClNO2S/c16-11-4-2-1-3-10(11)15-17-12-7-9(8-14(18)19)5-6-13(12)20-15/h1-7H,8H2,(H,18,19).